The van der Waals surface area contributed by atoms with Gasteiger partial charge in [-0.25, -0.2) is 0 Å². The Morgan fingerprint density at radius 2 is 1.43 bits per heavy atom. The van der Waals surface area contributed by atoms with E-state index < -0.39 is 47.4 Å². The van der Waals surface area contributed by atoms with Crippen molar-refractivity contribution in [3.63, 3.8) is 0 Å². The highest BCUT2D eigenvalue weighted by molar-refractivity contribution is 5.76. The number of halogens is 9. The van der Waals surface area contributed by atoms with Crippen LogP contribution in [-0.4, -0.2) is 37.5 Å². The highest BCUT2D eigenvalue weighted by atomic mass is 19.4. The molecular weight excluding hydrogens is 523 g/mol. The number of benzene rings is 2. The third-order valence-electron chi connectivity index (χ3n) is 5.43. The second kappa shape index (κ2) is 11.2. The lowest BCUT2D eigenvalue weighted by atomic mass is 9.89. The van der Waals surface area contributed by atoms with Crippen molar-refractivity contribution in [2.24, 2.45) is 0 Å². The fourth-order valence-corrected chi connectivity index (χ4v) is 3.27. The van der Waals surface area contributed by atoms with Crippen molar-refractivity contribution in [3.05, 3.63) is 64.2 Å². The van der Waals surface area contributed by atoms with Gasteiger partial charge in [0.25, 0.3) is 0 Å². The second-order valence-electron chi connectivity index (χ2n) is 8.17. The van der Waals surface area contributed by atoms with Crippen LogP contribution in [0.15, 0.2) is 36.4 Å². The molecule has 0 heterocycles. The predicted octanol–water partition coefficient (Wildman–Crippen LogP) is 5.55. The summed E-state index contributed by atoms with van der Waals surface area (Å²) in [6, 6.07) is 3.43. The molecule has 0 aliphatic rings. The fourth-order valence-electron chi connectivity index (χ4n) is 3.27. The lowest BCUT2D eigenvalue weighted by molar-refractivity contribution is -0.261. The highest BCUT2D eigenvalue weighted by Gasteiger charge is 2.56. The van der Waals surface area contributed by atoms with Crippen molar-refractivity contribution in [1.29, 1.82) is 0 Å². The first-order valence-corrected chi connectivity index (χ1v) is 10.6. The smallest absolute Gasteiger partial charge is 0.384 e. The zero-order valence-corrected chi connectivity index (χ0v) is 19.5. The van der Waals surface area contributed by atoms with Gasteiger partial charge in [-0.1, -0.05) is 6.07 Å². The quantitative estimate of drug-likeness (QED) is 0.361. The minimum Gasteiger partial charge on any atom is -0.384 e. The maximum absolute atomic E-state index is 13.9. The summed E-state index contributed by atoms with van der Waals surface area (Å²) < 4.78 is 125. The minimum absolute atomic E-state index is 0.00217. The molecule has 0 aliphatic carbocycles. The summed E-state index contributed by atoms with van der Waals surface area (Å²) in [7, 11) is 1.42. The molecule has 1 amide bonds. The summed E-state index contributed by atoms with van der Waals surface area (Å²) in [5.74, 6) is -0.307. The number of hydrogen-bond donors (Lipinski definition) is 3. The van der Waals surface area contributed by atoms with E-state index in [1.165, 1.54) is 25.3 Å². The number of hydrogen-bond acceptors (Lipinski definition) is 4. The average molecular weight is 546 g/mol. The molecule has 206 valence electrons. The number of nitrogens with one attached hydrogen (secondary N) is 2. The van der Waals surface area contributed by atoms with Crippen LogP contribution in [0.1, 0.15) is 34.2 Å². The zero-order valence-electron chi connectivity index (χ0n) is 19.5. The van der Waals surface area contributed by atoms with E-state index in [0.29, 0.717) is 11.1 Å². The molecule has 0 saturated heterocycles. The zero-order chi connectivity index (χ0) is 28.2. The molecule has 0 bridgehead atoms. The average Bonchev–Trinajstić information content (AvgIpc) is 2.78. The van der Waals surface area contributed by atoms with E-state index in [1.807, 2.05) is 0 Å². The van der Waals surface area contributed by atoms with Gasteiger partial charge in [0.1, 0.15) is 0 Å². The van der Waals surface area contributed by atoms with Crippen LogP contribution in [0, 0.1) is 6.92 Å². The SMILES string of the molecule is COCCC(=O)NCc1ccc(NC[C@@](O)(c2cc(C(F)(F)F)cc(C(F)(F)F)c2)C(F)(F)F)cc1C. The minimum atomic E-state index is -5.64. The monoisotopic (exact) mass is 546 g/mol. The third-order valence-corrected chi connectivity index (χ3v) is 5.43. The van der Waals surface area contributed by atoms with Crippen molar-refractivity contribution in [1.82, 2.24) is 5.32 Å². The molecule has 3 N–H and O–H groups in total. The van der Waals surface area contributed by atoms with E-state index in [1.54, 1.807) is 6.92 Å². The number of carbonyl (C=O) groups excluding carboxylic acids is 1. The summed E-state index contributed by atoms with van der Waals surface area (Å²) in [5, 5.41) is 15.3. The van der Waals surface area contributed by atoms with Crippen LogP contribution in [0.25, 0.3) is 0 Å². The normalized spacial score (nSPS) is 14.3. The number of methoxy groups -OCH3 is 1. The van der Waals surface area contributed by atoms with Crippen molar-refractivity contribution in [2.45, 2.75) is 44.0 Å². The summed E-state index contributed by atoms with van der Waals surface area (Å²) in [5.41, 5.74) is -8.61. The van der Waals surface area contributed by atoms with Crippen LogP contribution in [-0.2, 0) is 34.0 Å². The molecular formula is C23H23F9N2O3. The molecule has 2 rings (SSSR count). The maximum atomic E-state index is 13.9. The highest BCUT2D eigenvalue weighted by Crippen LogP contribution is 2.44. The second-order valence-corrected chi connectivity index (χ2v) is 8.17. The Hall–Kier alpha value is -3.00. The number of ether oxygens (including phenoxy) is 1. The Balaban J connectivity index is 2.34. The summed E-state index contributed by atoms with van der Waals surface area (Å²) >= 11 is 0. The van der Waals surface area contributed by atoms with Crippen LogP contribution in [0.4, 0.5) is 45.2 Å². The molecule has 0 unspecified atom stereocenters. The van der Waals surface area contributed by atoms with Crippen molar-refractivity contribution < 1.29 is 54.2 Å². The Kier molecular flexibility index (Phi) is 9.13. The van der Waals surface area contributed by atoms with Crippen molar-refractivity contribution in [2.75, 3.05) is 25.6 Å². The number of aryl methyl sites for hydroxylation is 1. The molecule has 14 heteroatoms. The molecule has 5 nitrogen and oxygen atoms in total. The molecule has 0 fully saturated rings. The van der Waals surface area contributed by atoms with Gasteiger partial charge in [0.2, 0.25) is 11.5 Å². The molecule has 1 atom stereocenters. The number of anilines is 1. The van der Waals surface area contributed by atoms with Gasteiger partial charge in [-0.05, 0) is 53.9 Å². The summed E-state index contributed by atoms with van der Waals surface area (Å²) in [6.45, 7) is 0.375. The topological polar surface area (TPSA) is 70.6 Å². The van der Waals surface area contributed by atoms with Crippen molar-refractivity contribution >= 4 is 11.6 Å². The van der Waals surface area contributed by atoms with E-state index in [-0.39, 0.29) is 49.4 Å². The van der Waals surface area contributed by atoms with Gasteiger partial charge in [0.15, 0.2) is 0 Å². The van der Waals surface area contributed by atoms with E-state index in [2.05, 4.69) is 10.6 Å². The van der Waals surface area contributed by atoms with E-state index in [0.717, 1.165) is 0 Å². The van der Waals surface area contributed by atoms with E-state index in [9.17, 15) is 49.4 Å². The van der Waals surface area contributed by atoms with Gasteiger partial charge < -0.3 is 20.5 Å². The molecule has 0 aromatic heterocycles. The van der Waals surface area contributed by atoms with Crippen LogP contribution in [0.5, 0.6) is 0 Å². The Morgan fingerprint density at radius 1 is 0.892 bits per heavy atom. The largest absolute Gasteiger partial charge is 0.423 e. The lowest BCUT2D eigenvalue weighted by Crippen LogP contribution is -2.48. The van der Waals surface area contributed by atoms with E-state index >= 15 is 0 Å². The fraction of sp³-hybridized carbons (Fsp3) is 0.435. The van der Waals surface area contributed by atoms with Crippen molar-refractivity contribution in [3.8, 4) is 0 Å². The van der Waals surface area contributed by atoms with Crippen LogP contribution in [0.2, 0.25) is 0 Å². The van der Waals surface area contributed by atoms with Gasteiger partial charge in [0.05, 0.1) is 24.3 Å². The maximum Gasteiger partial charge on any atom is 0.423 e. The number of amides is 1. The van der Waals surface area contributed by atoms with Gasteiger partial charge in [-0.3, -0.25) is 4.79 Å². The first kappa shape index (κ1) is 30.2. The predicted molar refractivity (Wildman–Crippen MR) is 114 cm³/mol. The Bertz CT molecular complexity index is 1070. The molecule has 0 radical (unpaired) electrons. The first-order chi connectivity index (χ1) is 16.9. The van der Waals surface area contributed by atoms with Crippen LogP contribution in [0.3, 0.4) is 0 Å². The third kappa shape index (κ3) is 7.74. The summed E-state index contributed by atoms with van der Waals surface area (Å²) in [4.78, 5) is 11.7. The molecule has 2 aromatic carbocycles. The lowest BCUT2D eigenvalue weighted by Gasteiger charge is -2.32. The Labute approximate surface area is 205 Å². The van der Waals surface area contributed by atoms with Gasteiger partial charge in [0, 0.05) is 25.8 Å². The number of carbonyl (C=O) groups is 1. The molecule has 0 saturated carbocycles. The first-order valence-electron chi connectivity index (χ1n) is 10.6. The molecule has 2 aromatic rings. The van der Waals surface area contributed by atoms with Crippen LogP contribution < -0.4 is 10.6 Å². The van der Waals surface area contributed by atoms with Crippen LogP contribution >= 0.6 is 0 Å². The van der Waals surface area contributed by atoms with Gasteiger partial charge >= 0.3 is 18.5 Å². The van der Waals surface area contributed by atoms with Gasteiger partial charge in [-0.2, -0.15) is 39.5 Å². The standard InChI is InChI=1S/C23H23F9N2O3/c1-13-7-18(4-3-14(13)11-33-19(35)5-6-37-2)34-12-20(36,23(30,31)32)15-8-16(21(24,25)26)10-17(9-15)22(27,28)29/h3-4,7-10,34,36H,5-6,11-12H2,1-2H3,(H,33,35)/t20-/m1/s1. The number of rotatable bonds is 9. The summed E-state index contributed by atoms with van der Waals surface area (Å²) in [6.07, 6.45) is -16.3. The Morgan fingerprint density at radius 3 is 1.89 bits per heavy atom. The van der Waals surface area contributed by atoms with E-state index in [4.69, 9.17) is 4.74 Å². The number of alkyl halides is 9. The van der Waals surface area contributed by atoms with Gasteiger partial charge in [-0.15, -0.1) is 0 Å². The number of aliphatic hydroxyl groups is 1. The molecule has 0 spiro atoms. The molecule has 0 aliphatic heterocycles. The molecule has 37 heavy (non-hydrogen) atoms.